The molecule has 90 valence electrons. The SMILES string of the molecule is CC(O)CC1CCCCCN1CCCO. The summed E-state index contributed by atoms with van der Waals surface area (Å²) in [6.07, 6.45) is 6.60. The Morgan fingerprint density at radius 3 is 2.80 bits per heavy atom. The second kappa shape index (κ2) is 7.20. The van der Waals surface area contributed by atoms with Crippen LogP contribution < -0.4 is 0 Å². The van der Waals surface area contributed by atoms with Gasteiger partial charge in [-0.3, -0.25) is 0 Å². The van der Waals surface area contributed by atoms with Crippen molar-refractivity contribution < 1.29 is 10.2 Å². The highest BCUT2D eigenvalue weighted by atomic mass is 16.3. The smallest absolute Gasteiger partial charge is 0.0527 e. The molecule has 2 atom stereocenters. The fourth-order valence-corrected chi connectivity index (χ4v) is 2.47. The van der Waals surface area contributed by atoms with Gasteiger partial charge in [0.2, 0.25) is 0 Å². The number of likely N-dealkylation sites (tertiary alicyclic amines) is 1. The van der Waals surface area contributed by atoms with Gasteiger partial charge in [-0.15, -0.1) is 0 Å². The van der Waals surface area contributed by atoms with Gasteiger partial charge in [0, 0.05) is 19.2 Å². The van der Waals surface area contributed by atoms with Crippen molar-refractivity contribution >= 4 is 0 Å². The Kier molecular flexibility index (Phi) is 6.22. The monoisotopic (exact) mass is 215 g/mol. The van der Waals surface area contributed by atoms with Crippen LogP contribution in [0.1, 0.15) is 45.4 Å². The van der Waals surface area contributed by atoms with Gasteiger partial charge in [-0.1, -0.05) is 12.8 Å². The van der Waals surface area contributed by atoms with Gasteiger partial charge in [0.1, 0.15) is 0 Å². The summed E-state index contributed by atoms with van der Waals surface area (Å²) in [4.78, 5) is 2.45. The van der Waals surface area contributed by atoms with Crippen LogP contribution in [-0.2, 0) is 0 Å². The molecule has 2 unspecified atom stereocenters. The van der Waals surface area contributed by atoms with Crippen LogP contribution in [-0.4, -0.2) is 47.0 Å². The fraction of sp³-hybridized carbons (Fsp3) is 1.00. The number of hydrogen-bond donors (Lipinski definition) is 2. The molecular formula is C12H25NO2. The van der Waals surface area contributed by atoms with E-state index < -0.39 is 0 Å². The lowest BCUT2D eigenvalue weighted by Crippen LogP contribution is -2.37. The Labute approximate surface area is 93.1 Å². The molecule has 0 aromatic rings. The zero-order valence-electron chi connectivity index (χ0n) is 9.86. The molecule has 1 heterocycles. The van der Waals surface area contributed by atoms with E-state index in [1.165, 1.54) is 25.7 Å². The lowest BCUT2D eigenvalue weighted by Gasteiger charge is -2.30. The summed E-state index contributed by atoms with van der Waals surface area (Å²) in [6.45, 7) is 4.26. The minimum absolute atomic E-state index is 0.204. The Morgan fingerprint density at radius 1 is 1.33 bits per heavy atom. The standard InChI is InChI=1S/C12H25NO2/c1-11(15)10-12-6-3-2-4-7-13(12)8-5-9-14/h11-12,14-15H,2-10H2,1H3. The third-order valence-corrected chi connectivity index (χ3v) is 3.22. The largest absolute Gasteiger partial charge is 0.396 e. The highest BCUT2D eigenvalue weighted by Gasteiger charge is 2.21. The Morgan fingerprint density at radius 2 is 2.13 bits per heavy atom. The molecule has 0 radical (unpaired) electrons. The molecule has 1 fully saturated rings. The predicted molar refractivity (Wildman–Crippen MR) is 61.8 cm³/mol. The fourth-order valence-electron chi connectivity index (χ4n) is 2.47. The van der Waals surface area contributed by atoms with Crippen LogP contribution in [0.3, 0.4) is 0 Å². The third-order valence-electron chi connectivity index (χ3n) is 3.22. The molecule has 1 aliphatic heterocycles. The second-order valence-electron chi connectivity index (χ2n) is 4.70. The maximum atomic E-state index is 9.46. The summed E-state index contributed by atoms with van der Waals surface area (Å²) >= 11 is 0. The molecule has 15 heavy (non-hydrogen) atoms. The molecule has 2 N–H and O–H groups in total. The predicted octanol–water partition coefficient (Wildman–Crippen LogP) is 1.38. The Balaban J connectivity index is 2.43. The van der Waals surface area contributed by atoms with Crippen LogP contribution in [0.4, 0.5) is 0 Å². The van der Waals surface area contributed by atoms with Crippen molar-refractivity contribution in [1.29, 1.82) is 0 Å². The number of hydrogen-bond acceptors (Lipinski definition) is 3. The van der Waals surface area contributed by atoms with E-state index in [0.717, 1.165) is 25.9 Å². The van der Waals surface area contributed by atoms with Crippen LogP contribution in [0, 0.1) is 0 Å². The van der Waals surface area contributed by atoms with Gasteiger partial charge in [-0.25, -0.2) is 0 Å². The van der Waals surface area contributed by atoms with Crippen molar-refractivity contribution in [3.63, 3.8) is 0 Å². The molecule has 0 aromatic carbocycles. The maximum absolute atomic E-state index is 9.46. The lowest BCUT2D eigenvalue weighted by molar-refractivity contribution is 0.107. The van der Waals surface area contributed by atoms with Gasteiger partial charge < -0.3 is 15.1 Å². The van der Waals surface area contributed by atoms with Crippen molar-refractivity contribution in [2.24, 2.45) is 0 Å². The van der Waals surface area contributed by atoms with Crippen molar-refractivity contribution in [3.05, 3.63) is 0 Å². The van der Waals surface area contributed by atoms with E-state index in [1.54, 1.807) is 0 Å². The molecule has 0 aromatic heterocycles. The molecular weight excluding hydrogens is 190 g/mol. The molecule has 3 heteroatoms. The first-order valence-electron chi connectivity index (χ1n) is 6.27. The van der Waals surface area contributed by atoms with Gasteiger partial charge in [0.05, 0.1) is 6.10 Å². The summed E-state index contributed by atoms with van der Waals surface area (Å²) in [6, 6.07) is 0.527. The van der Waals surface area contributed by atoms with Crippen molar-refractivity contribution in [2.75, 3.05) is 19.7 Å². The second-order valence-corrected chi connectivity index (χ2v) is 4.70. The zero-order chi connectivity index (χ0) is 11.1. The van der Waals surface area contributed by atoms with Gasteiger partial charge in [-0.05, 0) is 39.2 Å². The van der Waals surface area contributed by atoms with Crippen LogP contribution >= 0.6 is 0 Å². The highest BCUT2D eigenvalue weighted by molar-refractivity contribution is 4.77. The molecule has 0 spiro atoms. The first-order chi connectivity index (χ1) is 7.24. The van der Waals surface area contributed by atoms with Gasteiger partial charge >= 0.3 is 0 Å². The summed E-state index contributed by atoms with van der Waals surface area (Å²) < 4.78 is 0. The third kappa shape index (κ3) is 4.96. The quantitative estimate of drug-likeness (QED) is 0.728. The van der Waals surface area contributed by atoms with Crippen molar-refractivity contribution in [2.45, 2.75) is 57.6 Å². The zero-order valence-corrected chi connectivity index (χ0v) is 9.86. The number of aliphatic hydroxyl groups excluding tert-OH is 2. The topological polar surface area (TPSA) is 43.7 Å². The summed E-state index contributed by atoms with van der Waals surface area (Å²) in [5, 5.41) is 18.3. The molecule has 0 saturated carbocycles. The van der Waals surface area contributed by atoms with E-state index in [0.29, 0.717) is 6.04 Å². The van der Waals surface area contributed by atoms with E-state index in [-0.39, 0.29) is 12.7 Å². The average molecular weight is 215 g/mol. The lowest BCUT2D eigenvalue weighted by atomic mass is 10.0. The minimum Gasteiger partial charge on any atom is -0.396 e. The summed E-state index contributed by atoms with van der Waals surface area (Å²) in [5.74, 6) is 0. The van der Waals surface area contributed by atoms with E-state index in [4.69, 9.17) is 5.11 Å². The van der Waals surface area contributed by atoms with E-state index in [1.807, 2.05) is 6.92 Å². The van der Waals surface area contributed by atoms with E-state index in [9.17, 15) is 5.11 Å². The minimum atomic E-state index is -0.204. The van der Waals surface area contributed by atoms with Crippen LogP contribution in [0.5, 0.6) is 0 Å². The molecule has 0 amide bonds. The molecule has 1 aliphatic rings. The average Bonchev–Trinajstić information content (AvgIpc) is 2.40. The molecule has 3 nitrogen and oxygen atoms in total. The molecule has 0 aliphatic carbocycles. The maximum Gasteiger partial charge on any atom is 0.0527 e. The Bertz CT molecular complexity index is 162. The number of rotatable bonds is 5. The number of aliphatic hydroxyl groups is 2. The first-order valence-corrected chi connectivity index (χ1v) is 6.27. The molecule has 1 rings (SSSR count). The first kappa shape index (κ1) is 12.9. The van der Waals surface area contributed by atoms with E-state index >= 15 is 0 Å². The highest BCUT2D eigenvalue weighted by Crippen LogP contribution is 2.20. The van der Waals surface area contributed by atoms with Crippen LogP contribution in [0.15, 0.2) is 0 Å². The summed E-state index contributed by atoms with van der Waals surface area (Å²) in [5.41, 5.74) is 0. The number of nitrogens with zero attached hydrogens (tertiary/aromatic N) is 1. The van der Waals surface area contributed by atoms with Gasteiger partial charge in [0.15, 0.2) is 0 Å². The normalized spacial score (nSPS) is 26.2. The van der Waals surface area contributed by atoms with Crippen LogP contribution in [0.25, 0.3) is 0 Å². The van der Waals surface area contributed by atoms with Crippen LogP contribution in [0.2, 0.25) is 0 Å². The molecule has 0 bridgehead atoms. The van der Waals surface area contributed by atoms with E-state index in [2.05, 4.69) is 4.90 Å². The summed E-state index contributed by atoms with van der Waals surface area (Å²) in [7, 11) is 0. The van der Waals surface area contributed by atoms with Gasteiger partial charge in [-0.2, -0.15) is 0 Å². The van der Waals surface area contributed by atoms with Gasteiger partial charge in [0.25, 0.3) is 0 Å². The Hall–Kier alpha value is -0.120. The van der Waals surface area contributed by atoms with Crippen molar-refractivity contribution in [3.8, 4) is 0 Å². The van der Waals surface area contributed by atoms with Crippen molar-refractivity contribution in [1.82, 2.24) is 4.90 Å². The molecule has 1 saturated heterocycles.